The number of hydrogen-bond donors (Lipinski definition) is 3. The summed E-state index contributed by atoms with van der Waals surface area (Å²) in [7, 11) is 0. The van der Waals surface area contributed by atoms with Crippen molar-refractivity contribution in [1.29, 1.82) is 0 Å². The van der Waals surface area contributed by atoms with Crippen LogP contribution in [-0.2, 0) is 5.41 Å². The predicted octanol–water partition coefficient (Wildman–Crippen LogP) is 4.52. The monoisotopic (exact) mass is 377 g/mol. The summed E-state index contributed by atoms with van der Waals surface area (Å²) in [5.41, 5.74) is 2.13. The number of rotatable bonds is 10. The van der Waals surface area contributed by atoms with Crippen LogP contribution in [-0.4, -0.2) is 46.0 Å². The van der Waals surface area contributed by atoms with E-state index in [1.165, 1.54) is 31.2 Å². The summed E-state index contributed by atoms with van der Waals surface area (Å²) >= 11 is 0. The Morgan fingerprint density at radius 1 is 1.15 bits per heavy atom. The Balaban J connectivity index is 2.13. The first-order valence-corrected chi connectivity index (χ1v) is 10.8. The highest BCUT2D eigenvalue weighted by Crippen LogP contribution is 2.39. The van der Waals surface area contributed by atoms with Crippen molar-refractivity contribution in [2.45, 2.75) is 89.7 Å². The van der Waals surface area contributed by atoms with Crippen LogP contribution < -0.4 is 0 Å². The second kappa shape index (κ2) is 10.4. The lowest BCUT2D eigenvalue weighted by molar-refractivity contribution is 0.0370. The first kappa shape index (κ1) is 22.2. The van der Waals surface area contributed by atoms with Gasteiger partial charge in [-0.1, -0.05) is 58.6 Å². The standard InChI is InChI=1S/C23H39NO3/c1-4-5-6-7-12-23(2,3)18-9-10-20(22(27)16-18)21-17-19(26)11-14-24(21)13-8-15-25/h9-10,16,19,21,25-27H,4-8,11-15,17H2,1-3H3. The number of likely N-dealkylation sites (tertiary alicyclic amines) is 1. The molecular formula is C23H39NO3. The molecule has 2 rings (SSSR count). The lowest BCUT2D eigenvalue weighted by Crippen LogP contribution is -2.39. The molecule has 154 valence electrons. The summed E-state index contributed by atoms with van der Waals surface area (Å²) in [6, 6.07) is 6.15. The third kappa shape index (κ3) is 6.20. The van der Waals surface area contributed by atoms with E-state index in [0.717, 1.165) is 37.9 Å². The summed E-state index contributed by atoms with van der Waals surface area (Å²) in [6.07, 6.45) is 7.92. The number of aromatic hydroxyl groups is 1. The maximum atomic E-state index is 10.8. The first-order chi connectivity index (χ1) is 12.9. The molecule has 4 heteroatoms. The fourth-order valence-electron chi connectivity index (χ4n) is 4.24. The SMILES string of the molecule is CCCCCCC(C)(C)c1ccc(C2CC(O)CCN2CCCO)c(O)c1. The summed E-state index contributed by atoms with van der Waals surface area (Å²) in [4.78, 5) is 2.29. The number of nitrogens with zero attached hydrogens (tertiary/aromatic N) is 1. The highest BCUT2D eigenvalue weighted by Gasteiger charge is 2.31. The van der Waals surface area contributed by atoms with E-state index >= 15 is 0 Å². The van der Waals surface area contributed by atoms with Gasteiger partial charge in [0.1, 0.15) is 5.75 Å². The number of hydrogen-bond acceptors (Lipinski definition) is 4. The van der Waals surface area contributed by atoms with Crippen LogP contribution >= 0.6 is 0 Å². The van der Waals surface area contributed by atoms with Gasteiger partial charge >= 0.3 is 0 Å². The maximum Gasteiger partial charge on any atom is 0.120 e. The van der Waals surface area contributed by atoms with E-state index in [2.05, 4.69) is 31.7 Å². The zero-order valence-corrected chi connectivity index (χ0v) is 17.5. The number of aliphatic hydroxyl groups excluding tert-OH is 2. The Hall–Kier alpha value is -1.10. The normalized spacial score (nSPS) is 21.5. The van der Waals surface area contributed by atoms with Gasteiger partial charge in [0.25, 0.3) is 0 Å². The summed E-state index contributed by atoms with van der Waals surface area (Å²) < 4.78 is 0. The fourth-order valence-corrected chi connectivity index (χ4v) is 4.24. The van der Waals surface area contributed by atoms with Gasteiger partial charge in [0, 0.05) is 31.3 Å². The second-order valence-corrected chi connectivity index (χ2v) is 8.78. The fraction of sp³-hybridized carbons (Fsp3) is 0.739. The highest BCUT2D eigenvalue weighted by molar-refractivity contribution is 5.41. The Labute approximate surface area is 165 Å². The Morgan fingerprint density at radius 3 is 2.59 bits per heavy atom. The number of unbranched alkanes of at least 4 members (excludes halogenated alkanes) is 3. The minimum absolute atomic E-state index is 0.0158. The van der Waals surface area contributed by atoms with Crippen molar-refractivity contribution in [2.24, 2.45) is 0 Å². The quantitative estimate of drug-likeness (QED) is 0.525. The van der Waals surface area contributed by atoms with Crippen molar-refractivity contribution in [1.82, 2.24) is 4.90 Å². The molecule has 1 aliphatic heterocycles. The minimum atomic E-state index is -0.325. The zero-order valence-electron chi connectivity index (χ0n) is 17.5. The van der Waals surface area contributed by atoms with Crippen LogP contribution in [0.3, 0.4) is 0 Å². The van der Waals surface area contributed by atoms with E-state index in [0.29, 0.717) is 12.2 Å². The zero-order chi connectivity index (χ0) is 19.9. The van der Waals surface area contributed by atoms with Gasteiger partial charge < -0.3 is 15.3 Å². The van der Waals surface area contributed by atoms with Crippen LogP contribution in [0.1, 0.15) is 89.3 Å². The molecular weight excluding hydrogens is 338 g/mol. The number of phenolic OH excluding ortho intramolecular Hbond substituents is 1. The average molecular weight is 378 g/mol. The smallest absolute Gasteiger partial charge is 0.120 e. The van der Waals surface area contributed by atoms with Gasteiger partial charge in [-0.25, -0.2) is 0 Å². The minimum Gasteiger partial charge on any atom is -0.508 e. The van der Waals surface area contributed by atoms with Gasteiger partial charge in [-0.3, -0.25) is 4.90 Å². The van der Waals surface area contributed by atoms with E-state index in [1.54, 1.807) is 0 Å². The molecule has 27 heavy (non-hydrogen) atoms. The first-order valence-electron chi connectivity index (χ1n) is 10.8. The van der Waals surface area contributed by atoms with E-state index in [4.69, 9.17) is 5.11 Å². The van der Waals surface area contributed by atoms with Crippen LogP contribution in [0.25, 0.3) is 0 Å². The lowest BCUT2D eigenvalue weighted by Gasteiger charge is -2.38. The van der Waals surface area contributed by atoms with Gasteiger partial charge in [0.15, 0.2) is 0 Å². The molecule has 1 aromatic rings. The molecule has 1 heterocycles. The van der Waals surface area contributed by atoms with Crippen molar-refractivity contribution < 1.29 is 15.3 Å². The van der Waals surface area contributed by atoms with Crippen LogP contribution in [0.15, 0.2) is 18.2 Å². The summed E-state index contributed by atoms with van der Waals surface area (Å²) in [5.74, 6) is 0.335. The number of aliphatic hydroxyl groups is 2. The van der Waals surface area contributed by atoms with Crippen LogP contribution in [0.4, 0.5) is 0 Å². The molecule has 0 aliphatic carbocycles. The Bertz CT molecular complexity index is 571. The van der Waals surface area contributed by atoms with E-state index in [1.807, 2.05) is 12.1 Å². The number of piperidine rings is 1. The predicted molar refractivity (Wildman–Crippen MR) is 111 cm³/mol. The molecule has 0 aromatic heterocycles. The van der Waals surface area contributed by atoms with Crippen molar-refractivity contribution in [3.8, 4) is 5.75 Å². The highest BCUT2D eigenvalue weighted by atomic mass is 16.3. The largest absolute Gasteiger partial charge is 0.508 e. The molecule has 0 bridgehead atoms. The number of phenols is 1. The molecule has 0 saturated carbocycles. The van der Waals surface area contributed by atoms with E-state index < -0.39 is 0 Å². The molecule has 1 aliphatic rings. The molecule has 4 nitrogen and oxygen atoms in total. The number of benzene rings is 1. The molecule has 1 saturated heterocycles. The van der Waals surface area contributed by atoms with Crippen molar-refractivity contribution >= 4 is 0 Å². The average Bonchev–Trinajstić information content (AvgIpc) is 2.64. The van der Waals surface area contributed by atoms with Crippen molar-refractivity contribution in [2.75, 3.05) is 19.7 Å². The van der Waals surface area contributed by atoms with E-state index in [9.17, 15) is 10.2 Å². The van der Waals surface area contributed by atoms with Gasteiger partial charge in [0.2, 0.25) is 0 Å². The van der Waals surface area contributed by atoms with Crippen molar-refractivity contribution in [3.63, 3.8) is 0 Å². The third-order valence-electron chi connectivity index (χ3n) is 6.12. The molecule has 0 amide bonds. The van der Waals surface area contributed by atoms with Crippen LogP contribution in [0, 0.1) is 0 Å². The lowest BCUT2D eigenvalue weighted by atomic mass is 9.79. The Kier molecular flexibility index (Phi) is 8.59. The molecule has 0 spiro atoms. The van der Waals surface area contributed by atoms with Crippen molar-refractivity contribution in [3.05, 3.63) is 29.3 Å². The molecule has 3 N–H and O–H groups in total. The third-order valence-corrected chi connectivity index (χ3v) is 6.12. The van der Waals surface area contributed by atoms with Gasteiger partial charge in [-0.15, -0.1) is 0 Å². The molecule has 1 aromatic carbocycles. The molecule has 1 fully saturated rings. The topological polar surface area (TPSA) is 63.9 Å². The Morgan fingerprint density at radius 2 is 1.93 bits per heavy atom. The molecule has 2 atom stereocenters. The van der Waals surface area contributed by atoms with Gasteiger partial charge in [-0.2, -0.15) is 0 Å². The summed E-state index contributed by atoms with van der Waals surface area (Å²) in [5, 5.41) is 30.1. The van der Waals surface area contributed by atoms with Crippen LogP contribution in [0.2, 0.25) is 0 Å². The van der Waals surface area contributed by atoms with Crippen LogP contribution in [0.5, 0.6) is 5.75 Å². The summed E-state index contributed by atoms with van der Waals surface area (Å²) in [6.45, 7) is 8.50. The second-order valence-electron chi connectivity index (χ2n) is 8.78. The van der Waals surface area contributed by atoms with Gasteiger partial charge in [-0.05, 0) is 42.7 Å². The molecule has 2 unspecified atom stereocenters. The van der Waals surface area contributed by atoms with Gasteiger partial charge in [0.05, 0.1) is 6.10 Å². The molecule has 0 radical (unpaired) electrons. The maximum absolute atomic E-state index is 10.8. The van der Waals surface area contributed by atoms with E-state index in [-0.39, 0.29) is 24.2 Å².